The fourth-order valence-electron chi connectivity index (χ4n) is 2.14. The second kappa shape index (κ2) is 9.79. The molecule has 1 aromatic carbocycles. The molecule has 0 aliphatic heterocycles. The lowest BCUT2D eigenvalue weighted by atomic mass is 10.2. The van der Waals surface area contributed by atoms with Crippen molar-refractivity contribution >= 4 is 35.1 Å². The Morgan fingerprint density at radius 1 is 1.21 bits per heavy atom. The Morgan fingerprint density at radius 3 is 2.39 bits per heavy atom. The van der Waals surface area contributed by atoms with Crippen LogP contribution in [-0.4, -0.2) is 47.9 Å². The Labute approximate surface area is 167 Å². The van der Waals surface area contributed by atoms with E-state index in [1.807, 2.05) is 0 Å². The highest BCUT2D eigenvalue weighted by molar-refractivity contribution is 8.00. The van der Waals surface area contributed by atoms with E-state index >= 15 is 0 Å². The molecule has 0 aliphatic carbocycles. The third-order valence-corrected chi connectivity index (χ3v) is 4.54. The third kappa shape index (κ3) is 5.49. The van der Waals surface area contributed by atoms with Gasteiger partial charge in [-0.25, -0.2) is 14.8 Å². The normalized spacial score (nSPS) is 11.4. The van der Waals surface area contributed by atoms with Crippen LogP contribution in [0.15, 0.2) is 29.6 Å². The Hall–Kier alpha value is -3.01. The SMILES string of the molecule is CCOC(=O)c1cnc(SC(C)C(=O)Nc2cc(OC)cc(OC)c2)nc1N. The number of carbonyl (C=O) groups is 2. The number of thioether (sulfide) groups is 1. The minimum absolute atomic E-state index is 0.00101. The topological polar surface area (TPSA) is 126 Å². The molecule has 0 radical (unpaired) electrons. The first-order valence-electron chi connectivity index (χ1n) is 8.38. The first-order chi connectivity index (χ1) is 13.4. The van der Waals surface area contributed by atoms with Gasteiger partial charge in [0.25, 0.3) is 0 Å². The molecule has 1 amide bonds. The lowest BCUT2D eigenvalue weighted by Gasteiger charge is -2.13. The highest BCUT2D eigenvalue weighted by Gasteiger charge is 2.19. The molecule has 0 aliphatic rings. The molecule has 28 heavy (non-hydrogen) atoms. The van der Waals surface area contributed by atoms with Crippen molar-refractivity contribution in [2.24, 2.45) is 0 Å². The molecule has 3 N–H and O–H groups in total. The predicted molar refractivity (Wildman–Crippen MR) is 106 cm³/mol. The molecule has 1 aromatic heterocycles. The number of anilines is 2. The van der Waals surface area contributed by atoms with E-state index in [4.69, 9.17) is 19.9 Å². The number of nitrogens with two attached hydrogens (primary N) is 1. The Balaban J connectivity index is 2.06. The van der Waals surface area contributed by atoms with Crippen LogP contribution in [-0.2, 0) is 9.53 Å². The highest BCUT2D eigenvalue weighted by atomic mass is 32.2. The van der Waals surface area contributed by atoms with Gasteiger partial charge in [0, 0.05) is 30.1 Å². The number of esters is 1. The van der Waals surface area contributed by atoms with Gasteiger partial charge in [-0.15, -0.1) is 0 Å². The van der Waals surface area contributed by atoms with E-state index in [1.165, 1.54) is 20.4 Å². The van der Waals surface area contributed by atoms with Gasteiger partial charge in [0.1, 0.15) is 22.9 Å². The van der Waals surface area contributed by atoms with Crippen molar-refractivity contribution in [1.29, 1.82) is 0 Å². The lowest BCUT2D eigenvalue weighted by Crippen LogP contribution is -2.23. The monoisotopic (exact) mass is 406 g/mol. The van der Waals surface area contributed by atoms with Gasteiger partial charge in [-0.05, 0) is 13.8 Å². The highest BCUT2D eigenvalue weighted by Crippen LogP contribution is 2.27. The zero-order chi connectivity index (χ0) is 20.7. The summed E-state index contributed by atoms with van der Waals surface area (Å²) in [6.07, 6.45) is 1.29. The maximum Gasteiger partial charge on any atom is 0.343 e. The summed E-state index contributed by atoms with van der Waals surface area (Å²) in [5, 5.41) is 2.54. The molecule has 1 atom stereocenters. The number of ether oxygens (including phenoxy) is 3. The summed E-state index contributed by atoms with van der Waals surface area (Å²) in [6, 6.07) is 5.07. The van der Waals surface area contributed by atoms with Gasteiger partial charge in [-0.1, -0.05) is 11.8 Å². The van der Waals surface area contributed by atoms with Crippen molar-refractivity contribution in [1.82, 2.24) is 9.97 Å². The average Bonchev–Trinajstić information content (AvgIpc) is 2.67. The predicted octanol–water partition coefficient (Wildman–Crippen LogP) is 2.37. The molecule has 1 heterocycles. The molecule has 0 fully saturated rings. The Kier molecular flexibility index (Phi) is 7.44. The number of methoxy groups -OCH3 is 2. The molecule has 2 rings (SSSR count). The van der Waals surface area contributed by atoms with Gasteiger partial charge in [0.05, 0.1) is 26.1 Å². The molecule has 0 saturated carbocycles. The molecule has 0 spiro atoms. The number of benzene rings is 1. The van der Waals surface area contributed by atoms with Crippen LogP contribution in [0.3, 0.4) is 0 Å². The summed E-state index contributed by atoms with van der Waals surface area (Å²) in [7, 11) is 3.06. The van der Waals surface area contributed by atoms with Crippen LogP contribution < -0.4 is 20.5 Å². The maximum atomic E-state index is 12.5. The zero-order valence-electron chi connectivity index (χ0n) is 16.0. The molecular weight excluding hydrogens is 384 g/mol. The standard InChI is InChI=1S/C18H22N4O5S/c1-5-27-17(24)14-9-20-18(22-15(14)19)28-10(2)16(23)21-11-6-12(25-3)8-13(7-11)26-4/h6-10H,5H2,1-4H3,(H,21,23)(H2,19,20,22). The smallest absolute Gasteiger partial charge is 0.343 e. The van der Waals surface area contributed by atoms with Gasteiger partial charge in [0.2, 0.25) is 5.91 Å². The van der Waals surface area contributed by atoms with Crippen LogP contribution in [0.1, 0.15) is 24.2 Å². The van der Waals surface area contributed by atoms with Crippen LogP contribution in [0, 0.1) is 0 Å². The van der Waals surface area contributed by atoms with Crippen LogP contribution in [0.4, 0.5) is 11.5 Å². The fourth-order valence-corrected chi connectivity index (χ4v) is 2.88. The number of nitrogens with one attached hydrogen (secondary N) is 1. The van der Waals surface area contributed by atoms with Crippen molar-refractivity contribution < 1.29 is 23.8 Å². The maximum absolute atomic E-state index is 12.5. The van der Waals surface area contributed by atoms with E-state index in [2.05, 4.69) is 15.3 Å². The second-order valence-electron chi connectivity index (χ2n) is 5.52. The zero-order valence-corrected chi connectivity index (χ0v) is 16.8. The molecule has 150 valence electrons. The number of nitrogen functional groups attached to an aromatic ring is 1. The Morgan fingerprint density at radius 2 is 1.86 bits per heavy atom. The quantitative estimate of drug-likeness (QED) is 0.386. The molecule has 9 nitrogen and oxygen atoms in total. The van der Waals surface area contributed by atoms with E-state index in [1.54, 1.807) is 32.0 Å². The van der Waals surface area contributed by atoms with Crippen molar-refractivity contribution in [2.45, 2.75) is 24.3 Å². The van der Waals surface area contributed by atoms with Gasteiger partial charge >= 0.3 is 5.97 Å². The number of hydrogen-bond acceptors (Lipinski definition) is 9. The van der Waals surface area contributed by atoms with Gasteiger partial charge in [0.15, 0.2) is 5.16 Å². The average molecular weight is 406 g/mol. The van der Waals surface area contributed by atoms with E-state index in [0.29, 0.717) is 17.2 Å². The molecule has 0 bridgehead atoms. The summed E-state index contributed by atoms with van der Waals surface area (Å²) in [4.78, 5) is 32.4. The van der Waals surface area contributed by atoms with Crippen molar-refractivity contribution in [3.8, 4) is 11.5 Å². The van der Waals surface area contributed by atoms with E-state index < -0.39 is 11.2 Å². The van der Waals surface area contributed by atoms with E-state index in [-0.39, 0.29) is 29.1 Å². The van der Waals surface area contributed by atoms with Crippen molar-refractivity contribution in [2.75, 3.05) is 31.9 Å². The molecule has 1 unspecified atom stereocenters. The second-order valence-corrected chi connectivity index (χ2v) is 6.83. The third-order valence-electron chi connectivity index (χ3n) is 3.56. The minimum Gasteiger partial charge on any atom is -0.497 e. The number of aromatic nitrogens is 2. The van der Waals surface area contributed by atoms with Gasteiger partial charge < -0.3 is 25.3 Å². The summed E-state index contributed by atoms with van der Waals surface area (Å²) >= 11 is 1.11. The van der Waals surface area contributed by atoms with Crippen molar-refractivity contribution in [3.05, 3.63) is 30.0 Å². The van der Waals surface area contributed by atoms with E-state index in [0.717, 1.165) is 11.8 Å². The largest absolute Gasteiger partial charge is 0.497 e. The van der Waals surface area contributed by atoms with E-state index in [9.17, 15) is 9.59 Å². The van der Waals surface area contributed by atoms with Gasteiger partial charge in [-0.3, -0.25) is 4.79 Å². The van der Waals surface area contributed by atoms with Crippen LogP contribution in [0.25, 0.3) is 0 Å². The summed E-state index contributed by atoms with van der Waals surface area (Å²) in [5.74, 6) is 0.258. The first kappa shape index (κ1) is 21.3. The number of carbonyl (C=O) groups excluding carboxylic acids is 2. The fraction of sp³-hybridized carbons (Fsp3) is 0.333. The summed E-state index contributed by atoms with van der Waals surface area (Å²) < 4.78 is 15.3. The number of rotatable bonds is 8. The summed E-state index contributed by atoms with van der Waals surface area (Å²) in [6.45, 7) is 3.62. The van der Waals surface area contributed by atoms with Gasteiger partial charge in [-0.2, -0.15) is 0 Å². The van der Waals surface area contributed by atoms with Crippen LogP contribution in [0.2, 0.25) is 0 Å². The number of nitrogens with zero attached hydrogens (tertiary/aromatic N) is 2. The Bertz CT molecular complexity index is 840. The lowest BCUT2D eigenvalue weighted by molar-refractivity contribution is -0.115. The van der Waals surface area contributed by atoms with Crippen LogP contribution >= 0.6 is 11.8 Å². The van der Waals surface area contributed by atoms with Crippen molar-refractivity contribution in [3.63, 3.8) is 0 Å². The first-order valence-corrected chi connectivity index (χ1v) is 9.26. The molecular formula is C18H22N4O5S. The summed E-state index contributed by atoms with van der Waals surface area (Å²) in [5.41, 5.74) is 6.42. The van der Waals surface area contributed by atoms with Crippen LogP contribution in [0.5, 0.6) is 11.5 Å². The molecule has 10 heteroatoms. The molecule has 2 aromatic rings. The minimum atomic E-state index is -0.589. The number of amides is 1. The molecule has 0 saturated heterocycles. The number of hydrogen-bond donors (Lipinski definition) is 2.